The van der Waals surface area contributed by atoms with Gasteiger partial charge < -0.3 is 14.8 Å². The second-order valence-corrected chi connectivity index (χ2v) is 9.64. The van der Waals surface area contributed by atoms with Crippen molar-refractivity contribution in [1.29, 1.82) is 0 Å². The van der Waals surface area contributed by atoms with E-state index >= 15 is 0 Å². The summed E-state index contributed by atoms with van der Waals surface area (Å²) in [5.74, 6) is 1.46. The molecule has 6 heteroatoms. The number of anilines is 1. The topological polar surface area (TPSA) is 50.2 Å². The van der Waals surface area contributed by atoms with Crippen LogP contribution in [0.15, 0.2) is 48.5 Å². The first-order chi connectivity index (χ1) is 16.2. The number of carbonyl (C=O) groups is 1. The number of amides is 1. The van der Waals surface area contributed by atoms with E-state index in [4.69, 9.17) is 4.98 Å². The number of piperidine rings is 1. The molecule has 174 valence electrons. The van der Waals surface area contributed by atoms with Gasteiger partial charge in [0, 0.05) is 26.2 Å². The normalized spacial score (nSPS) is 19.7. The molecule has 1 saturated heterocycles. The van der Waals surface area contributed by atoms with Gasteiger partial charge in [-0.15, -0.1) is 0 Å². The van der Waals surface area contributed by atoms with Crippen LogP contribution in [-0.2, 0) is 17.9 Å². The monoisotopic (exact) mass is 448 g/mol. The summed E-state index contributed by atoms with van der Waals surface area (Å²) in [5.41, 5.74) is 3.14. The lowest BCUT2D eigenvalue weighted by atomic mass is 9.89. The Morgan fingerprint density at radius 3 is 2.61 bits per heavy atom. The molecule has 33 heavy (non-hydrogen) atoms. The largest absolute Gasteiger partial charge is 0.352 e. The molecule has 1 N–H and O–H groups in total. The summed E-state index contributed by atoms with van der Waals surface area (Å²) in [6, 6.07) is 14.7. The minimum atomic E-state index is -0.260. The van der Waals surface area contributed by atoms with Gasteiger partial charge in [0.1, 0.15) is 5.82 Å². The standard InChI is InChI=1S/C27H33FN4O/c28-23-14-12-20(13-15-23)17-29-26(33)22-9-6-16-31(19-22)27-30-24-10-4-5-11-25(24)32(27)18-21-7-2-1-3-8-21/h4-5,10-15,21-22H,1-3,6-9,16-19H2,(H,29,33)/t22-/m1/s1. The molecule has 1 atom stereocenters. The van der Waals surface area contributed by atoms with Gasteiger partial charge in [-0.05, 0) is 61.4 Å². The Balaban J connectivity index is 1.31. The van der Waals surface area contributed by atoms with Crippen molar-refractivity contribution in [3.8, 4) is 0 Å². The van der Waals surface area contributed by atoms with Crippen LogP contribution in [0.4, 0.5) is 10.3 Å². The summed E-state index contributed by atoms with van der Waals surface area (Å²) in [6.07, 6.45) is 8.45. The van der Waals surface area contributed by atoms with Crippen LogP contribution in [0.3, 0.4) is 0 Å². The van der Waals surface area contributed by atoms with Crippen molar-refractivity contribution in [2.24, 2.45) is 11.8 Å². The number of rotatable bonds is 6. The lowest BCUT2D eigenvalue weighted by molar-refractivity contribution is -0.125. The fourth-order valence-electron chi connectivity index (χ4n) is 5.42. The molecule has 2 aliphatic rings. The first kappa shape index (κ1) is 21.9. The molecule has 2 fully saturated rings. The highest BCUT2D eigenvalue weighted by Gasteiger charge is 2.29. The van der Waals surface area contributed by atoms with E-state index in [0.29, 0.717) is 19.0 Å². The highest BCUT2D eigenvalue weighted by molar-refractivity contribution is 5.81. The number of nitrogens with zero attached hydrogens (tertiary/aromatic N) is 3. The van der Waals surface area contributed by atoms with E-state index in [0.717, 1.165) is 43.0 Å². The zero-order valence-electron chi connectivity index (χ0n) is 19.2. The summed E-state index contributed by atoms with van der Waals surface area (Å²) >= 11 is 0. The predicted octanol–water partition coefficient (Wildman–Crippen LogP) is 5.29. The third kappa shape index (κ3) is 5.05. The van der Waals surface area contributed by atoms with Crippen LogP contribution in [0.25, 0.3) is 11.0 Å². The SMILES string of the molecule is O=C(NCc1ccc(F)cc1)[C@@H]1CCCN(c2nc3ccccc3n2CC2CCCCC2)C1. The second-order valence-electron chi connectivity index (χ2n) is 9.64. The van der Waals surface area contributed by atoms with Gasteiger partial charge >= 0.3 is 0 Å². The van der Waals surface area contributed by atoms with Crippen LogP contribution in [-0.4, -0.2) is 28.5 Å². The summed E-state index contributed by atoms with van der Waals surface area (Å²) < 4.78 is 15.5. The van der Waals surface area contributed by atoms with Crippen LogP contribution in [0.5, 0.6) is 0 Å². The molecule has 1 aliphatic heterocycles. The Labute approximate surface area is 195 Å². The highest BCUT2D eigenvalue weighted by atomic mass is 19.1. The fraction of sp³-hybridized carbons (Fsp3) is 0.481. The molecule has 5 nitrogen and oxygen atoms in total. The van der Waals surface area contributed by atoms with E-state index in [9.17, 15) is 9.18 Å². The maximum absolute atomic E-state index is 13.1. The number of para-hydroxylation sites is 2. The van der Waals surface area contributed by atoms with Gasteiger partial charge in [-0.3, -0.25) is 4.79 Å². The average molecular weight is 449 g/mol. The molecule has 3 aromatic rings. The Bertz CT molecular complexity index is 1090. The minimum Gasteiger partial charge on any atom is -0.352 e. The van der Waals surface area contributed by atoms with Gasteiger partial charge in [-0.1, -0.05) is 43.5 Å². The first-order valence-corrected chi connectivity index (χ1v) is 12.4. The molecule has 1 saturated carbocycles. The third-order valence-corrected chi connectivity index (χ3v) is 7.25. The van der Waals surface area contributed by atoms with Crippen molar-refractivity contribution < 1.29 is 9.18 Å². The molecular weight excluding hydrogens is 415 g/mol. The zero-order valence-corrected chi connectivity index (χ0v) is 19.2. The number of hydrogen-bond donors (Lipinski definition) is 1. The van der Waals surface area contributed by atoms with Crippen LogP contribution in [0.2, 0.25) is 0 Å². The zero-order chi connectivity index (χ0) is 22.6. The van der Waals surface area contributed by atoms with Crippen molar-refractivity contribution in [3.05, 3.63) is 59.9 Å². The van der Waals surface area contributed by atoms with E-state index in [1.807, 2.05) is 6.07 Å². The van der Waals surface area contributed by atoms with Gasteiger partial charge in [0.15, 0.2) is 0 Å². The van der Waals surface area contributed by atoms with E-state index in [-0.39, 0.29) is 17.6 Å². The van der Waals surface area contributed by atoms with Crippen LogP contribution in [0.1, 0.15) is 50.5 Å². The molecule has 0 bridgehead atoms. The molecular formula is C27H33FN4O. The number of imidazole rings is 1. The maximum atomic E-state index is 13.1. The van der Waals surface area contributed by atoms with E-state index in [2.05, 4.69) is 33.0 Å². The quantitative estimate of drug-likeness (QED) is 0.558. The Morgan fingerprint density at radius 1 is 1.00 bits per heavy atom. The van der Waals surface area contributed by atoms with Crippen LogP contribution < -0.4 is 10.2 Å². The summed E-state index contributed by atoms with van der Waals surface area (Å²) in [6.45, 7) is 3.04. The maximum Gasteiger partial charge on any atom is 0.225 e. The summed E-state index contributed by atoms with van der Waals surface area (Å²) in [5, 5.41) is 3.05. The van der Waals surface area contributed by atoms with Gasteiger partial charge in [-0.2, -0.15) is 0 Å². The van der Waals surface area contributed by atoms with Crippen molar-refractivity contribution in [2.45, 2.75) is 58.0 Å². The van der Waals surface area contributed by atoms with Gasteiger partial charge in [0.05, 0.1) is 17.0 Å². The molecule has 1 aliphatic carbocycles. The van der Waals surface area contributed by atoms with Crippen molar-refractivity contribution >= 4 is 22.9 Å². The molecule has 0 spiro atoms. The lowest BCUT2D eigenvalue weighted by Crippen LogP contribution is -2.44. The van der Waals surface area contributed by atoms with Crippen molar-refractivity contribution in [1.82, 2.24) is 14.9 Å². The minimum absolute atomic E-state index is 0.0675. The number of nitrogens with one attached hydrogen (secondary N) is 1. The number of hydrogen-bond acceptors (Lipinski definition) is 3. The second kappa shape index (κ2) is 9.94. The number of benzene rings is 2. The highest BCUT2D eigenvalue weighted by Crippen LogP contribution is 2.31. The first-order valence-electron chi connectivity index (χ1n) is 12.4. The average Bonchev–Trinajstić information content (AvgIpc) is 3.22. The summed E-state index contributed by atoms with van der Waals surface area (Å²) in [4.78, 5) is 20.3. The van der Waals surface area contributed by atoms with E-state index in [1.54, 1.807) is 12.1 Å². The number of carbonyl (C=O) groups excluding carboxylic acids is 1. The fourth-order valence-corrected chi connectivity index (χ4v) is 5.42. The van der Waals surface area contributed by atoms with E-state index < -0.39 is 0 Å². The van der Waals surface area contributed by atoms with Crippen LogP contribution in [0, 0.1) is 17.7 Å². The number of halogens is 1. The van der Waals surface area contributed by atoms with Gasteiger partial charge in [-0.25, -0.2) is 9.37 Å². The Hall–Kier alpha value is -2.89. The summed E-state index contributed by atoms with van der Waals surface area (Å²) in [7, 11) is 0. The molecule has 1 aromatic heterocycles. The molecule has 2 heterocycles. The number of aromatic nitrogens is 2. The molecule has 1 amide bonds. The molecule has 0 radical (unpaired) electrons. The predicted molar refractivity (Wildman–Crippen MR) is 129 cm³/mol. The Morgan fingerprint density at radius 2 is 1.79 bits per heavy atom. The van der Waals surface area contributed by atoms with Crippen molar-refractivity contribution in [2.75, 3.05) is 18.0 Å². The van der Waals surface area contributed by atoms with Gasteiger partial charge in [0.2, 0.25) is 11.9 Å². The molecule has 0 unspecified atom stereocenters. The van der Waals surface area contributed by atoms with E-state index in [1.165, 1.54) is 49.8 Å². The molecule has 2 aromatic carbocycles. The third-order valence-electron chi connectivity index (χ3n) is 7.25. The van der Waals surface area contributed by atoms with Gasteiger partial charge in [0.25, 0.3) is 0 Å². The Kier molecular flexibility index (Phi) is 6.60. The smallest absolute Gasteiger partial charge is 0.225 e. The van der Waals surface area contributed by atoms with Crippen LogP contribution >= 0.6 is 0 Å². The molecule has 5 rings (SSSR count). The van der Waals surface area contributed by atoms with Crippen molar-refractivity contribution in [3.63, 3.8) is 0 Å². The number of fused-ring (bicyclic) bond motifs is 1. The lowest BCUT2D eigenvalue weighted by Gasteiger charge is -2.34.